The molecule has 1 fully saturated rings. The van der Waals surface area contributed by atoms with Gasteiger partial charge >= 0.3 is 5.97 Å². The van der Waals surface area contributed by atoms with E-state index >= 15 is 0 Å². The molecule has 0 saturated heterocycles. The quantitative estimate of drug-likeness (QED) is 0.704. The molecule has 1 aliphatic carbocycles. The Kier molecular flexibility index (Phi) is 3.93. The minimum absolute atomic E-state index is 0.0506. The average Bonchev–Trinajstić information content (AvgIpc) is 3.13. The number of aromatic carboxylic acids is 1. The summed E-state index contributed by atoms with van der Waals surface area (Å²) in [6, 6.07) is 3.41. The Morgan fingerprint density at radius 2 is 2.41 bits per heavy atom. The molecule has 0 atom stereocenters. The van der Waals surface area contributed by atoms with Crippen molar-refractivity contribution in [3.05, 3.63) is 24.0 Å². The number of carbonyl (C=O) groups is 1. The SMILES string of the molecule is O=C(O)c1ncccc1NCCOCC1CC1. The van der Waals surface area contributed by atoms with Crippen molar-refractivity contribution in [1.82, 2.24) is 4.98 Å². The van der Waals surface area contributed by atoms with E-state index in [1.54, 1.807) is 12.1 Å². The van der Waals surface area contributed by atoms with Gasteiger partial charge in [0.2, 0.25) is 0 Å². The lowest BCUT2D eigenvalue weighted by Crippen LogP contribution is -2.14. The number of anilines is 1. The normalized spacial score (nSPS) is 14.6. The number of carboxylic acids is 1. The molecule has 92 valence electrons. The molecule has 1 aromatic heterocycles. The lowest BCUT2D eigenvalue weighted by molar-refractivity contribution is 0.0691. The Labute approximate surface area is 99.8 Å². The summed E-state index contributed by atoms with van der Waals surface area (Å²) in [6.45, 7) is 2.00. The van der Waals surface area contributed by atoms with Crippen LogP contribution < -0.4 is 5.32 Å². The number of ether oxygens (including phenoxy) is 1. The standard InChI is InChI=1S/C12H16N2O3/c15-12(16)11-10(2-1-5-14-11)13-6-7-17-8-9-3-4-9/h1-2,5,9,13H,3-4,6-8H2,(H,15,16). The fourth-order valence-electron chi connectivity index (χ4n) is 1.51. The topological polar surface area (TPSA) is 71.5 Å². The molecule has 1 aromatic rings. The number of rotatable bonds is 7. The number of aromatic nitrogens is 1. The Morgan fingerprint density at radius 1 is 1.59 bits per heavy atom. The van der Waals surface area contributed by atoms with Crippen LogP contribution in [0, 0.1) is 5.92 Å². The van der Waals surface area contributed by atoms with Gasteiger partial charge in [-0.25, -0.2) is 9.78 Å². The zero-order chi connectivity index (χ0) is 12.1. The molecule has 17 heavy (non-hydrogen) atoms. The van der Waals surface area contributed by atoms with Crippen LogP contribution in [-0.2, 0) is 4.74 Å². The zero-order valence-corrected chi connectivity index (χ0v) is 9.56. The first-order valence-corrected chi connectivity index (χ1v) is 5.77. The van der Waals surface area contributed by atoms with Crippen molar-refractivity contribution >= 4 is 11.7 Å². The van der Waals surface area contributed by atoms with Crippen LogP contribution in [0.1, 0.15) is 23.3 Å². The minimum Gasteiger partial charge on any atom is -0.476 e. The third-order valence-electron chi connectivity index (χ3n) is 2.62. The van der Waals surface area contributed by atoms with Gasteiger partial charge in [0, 0.05) is 19.3 Å². The van der Waals surface area contributed by atoms with E-state index in [1.807, 2.05) is 0 Å². The number of nitrogens with zero attached hydrogens (tertiary/aromatic N) is 1. The zero-order valence-electron chi connectivity index (χ0n) is 9.56. The lowest BCUT2D eigenvalue weighted by atomic mass is 10.3. The Balaban J connectivity index is 1.75. The van der Waals surface area contributed by atoms with Gasteiger partial charge in [0.25, 0.3) is 0 Å². The van der Waals surface area contributed by atoms with E-state index in [0.29, 0.717) is 18.8 Å². The molecule has 0 unspecified atom stereocenters. The van der Waals surface area contributed by atoms with Crippen LogP contribution in [0.15, 0.2) is 18.3 Å². The number of hydrogen-bond donors (Lipinski definition) is 2. The van der Waals surface area contributed by atoms with Crippen molar-refractivity contribution in [3.8, 4) is 0 Å². The third-order valence-corrected chi connectivity index (χ3v) is 2.62. The van der Waals surface area contributed by atoms with Crippen LogP contribution in [0.5, 0.6) is 0 Å². The molecule has 1 aliphatic rings. The minimum atomic E-state index is -1.02. The molecule has 5 nitrogen and oxygen atoms in total. The van der Waals surface area contributed by atoms with Gasteiger partial charge in [-0.2, -0.15) is 0 Å². The van der Waals surface area contributed by atoms with Gasteiger partial charge in [-0.3, -0.25) is 0 Å². The van der Waals surface area contributed by atoms with Gasteiger partial charge in [-0.1, -0.05) is 0 Å². The maximum absolute atomic E-state index is 10.9. The van der Waals surface area contributed by atoms with Crippen LogP contribution >= 0.6 is 0 Å². The summed E-state index contributed by atoms with van der Waals surface area (Å²) in [4.78, 5) is 14.7. The summed E-state index contributed by atoms with van der Waals surface area (Å²) in [5.74, 6) is -0.269. The number of nitrogens with one attached hydrogen (secondary N) is 1. The molecular weight excluding hydrogens is 220 g/mol. The summed E-state index contributed by atoms with van der Waals surface area (Å²) in [7, 11) is 0. The van der Waals surface area contributed by atoms with Crippen molar-refractivity contribution in [2.45, 2.75) is 12.8 Å². The average molecular weight is 236 g/mol. The van der Waals surface area contributed by atoms with E-state index in [2.05, 4.69) is 10.3 Å². The molecule has 2 rings (SSSR count). The van der Waals surface area contributed by atoms with E-state index in [-0.39, 0.29) is 5.69 Å². The predicted octanol–water partition coefficient (Wildman–Crippen LogP) is 1.62. The molecule has 0 aliphatic heterocycles. The molecule has 5 heteroatoms. The highest BCUT2D eigenvalue weighted by atomic mass is 16.5. The number of hydrogen-bond acceptors (Lipinski definition) is 4. The Bertz CT molecular complexity index is 391. The molecule has 0 aromatic carbocycles. The molecule has 2 N–H and O–H groups in total. The maximum atomic E-state index is 10.9. The summed E-state index contributed by atoms with van der Waals surface area (Å²) >= 11 is 0. The maximum Gasteiger partial charge on any atom is 0.356 e. The van der Waals surface area contributed by atoms with E-state index in [4.69, 9.17) is 9.84 Å². The lowest BCUT2D eigenvalue weighted by Gasteiger charge is -2.08. The van der Waals surface area contributed by atoms with Crippen molar-refractivity contribution in [1.29, 1.82) is 0 Å². The summed E-state index contributed by atoms with van der Waals surface area (Å²) in [5.41, 5.74) is 0.588. The van der Waals surface area contributed by atoms with Crippen molar-refractivity contribution < 1.29 is 14.6 Å². The summed E-state index contributed by atoms with van der Waals surface area (Å²) in [5, 5.41) is 11.9. The molecule has 0 radical (unpaired) electrons. The van der Waals surface area contributed by atoms with Gasteiger partial charge in [-0.15, -0.1) is 0 Å². The smallest absolute Gasteiger partial charge is 0.356 e. The molecule has 0 bridgehead atoms. The second-order valence-electron chi connectivity index (χ2n) is 4.15. The Morgan fingerprint density at radius 3 is 3.12 bits per heavy atom. The van der Waals surface area contributed by atoms with Crippen molar-refractivity contribution in [2.24, 2.45) is 5.92 Å². The fourth-order valence-corrected chi connectivity index (χ4v) is 1.51. The van der Waals surface area contributed by atoms with Crippen molar-refractivity contribution in [3.63, 3.8) is 0 Å². The van der Waals surface area contributed by atoms with Crippen LogP contribution in [0.3, 0.4) is 0 Å². The monoisotopic (exact) mass is 236 g/mol. The highest BCUT2D eigenvalue weighted by molar-refractivity contribution is 5.91. The second kappa shape index (κ2) is 5.63. The van der Waals surface area contributed by atoms with E-state index in [0.717, 1.165) is 12.5 Å². The van der Waals surface area contributed by atoms with Crippen LogP contribution in [0.4, 0.5) is 5.69 Å². The highest BCUT2D eigenvalue weighted by Crippen LogP contribution is 2.28. The predicted molar refractivity (Wildman–Crippen MR) is 63.2 cm³/mol. The second-order valence-corrected chi connectivity index (χ2v) is 4.15. The van der Waals surface area contributed by atoms with Crippen LogP contribution in [0.2, 0.25) is 0 Å². The number of pyridine rings is 1. The van der Waals surface area contributed by atoms with Crippen LogP contribution in [0.25, 0.3) is 0 Å². The first-order chi connectivity index (χ1) is 8.27. The van der Waals surface area contributed by atoms with E-state index in [1.165, 1.54) is 19.0 Å². The molecule has 0 amide bonds. The fraction of sp³-hybridized carbons (Fsp3) is 0.500. The van der Waals surface area contributed by atoms with Gasteiger partial charge in [0.15, 0.2) is 5.69 Å². The summed E-state index contributed by atoms with van der Waals surface area (Å²) < 4.78 is 5.45. The first kappa shape index (κ1) is 11.9. The highest BCUT2D eigenvalue weighted by Gasteiger charge is 2.20. The third kappa shape index (κ3) is 3.71. The van der Waals surface area contributed by atoms with Crippen molar-refractivity contribution in [2.75, 3.05) is 25.1 Å². The molecule has 0 spiro atoms. The van der Waals surface area contributed by atoms with E-state index in [9.17, 15) is 4.79 Å². The molecule has 1 saturated carbocycles. The Hall–Kier alpha value is -1.62. The number of carboxylic acid groups (broad SMARTS) is 1. The largest absolute Gasteiger partial charge is 0.476 e. The molecular formula is C12H16N2O3. The van der Waals surface area contributed by atoms with Crippen LogP contribution in [-0.4, -0.2) is 35.8 Å². The molecule has 1 heterocycles. The van der Waals surface area contributed by atoms with E-state index < -0.39 is 5.97 Å². The summed E-state index contributed by atoms with van der Waals surface area (Å²) in [6.07, 6.45) is 4.02. The van der Waals surface area contributed by atoms with Gasteiger partial charge in [0.1, 0.15) is 0 Å². The van der Waals surface area contributed by atoms with Gasteiger partial charge in [0.05, 0.1) is 12.3 Å². The van der Waals surface area contributed by atoms with Gasteiger partial charge < -0.3 is 15.2 Å². The van der Waals surface area contributed by atoms with Gasteiger partial charge in [-0.05, 0) is 30.9 Å². The first-order valence-electron chi connectivity index (χ1n) is 5.77.